The molecular weight excluding hydrogens is 529 g/mol. The van der Waals surface area contributed by atoms with Crippen LogP contribution < -0.4 is 51.4 Å². The molecule has 182 valence electrons. The maximum Gasteiger partial charge on any atom is 1.00 e. The Morgan fingerprint density at radius 2 is 0.806 bits per heavy atom. The Bertz CT molecular complexity index is 642. The van der Waals surface area contributed by atoms with E-state index in [2.05, 4.69) is 0 Å². The maximum absolute atomic E-state index is 13.4. The number of rotatable bonds is 12. The van der Waals surface area contributed by atoms with E-state index in [0.717, 1.165) is 0 Å². The van der Waals surface area contributed by atoms with Crippen LogP contribution in [0.5, 0.6) is 0 Å². The number of hydrogen-bond acceptors (Lipinski definition) is 3. The second-order valence-electron chi connectivity index (χ2n) is 5.78. The number of halogens is 14. The topological polar surface area (TPSA) is 57.2 Å². The van der Waals surface area contributed by atoms with Crippen molar-refractivity contribution in [3.8, 4) is 0 Å². The van der Waals surface area contributed by atoms with Crippen molar-refractivity contribution < 1.29 is 126 Å². The average molecular weight is 540 g/mol. The number of hydrogen-bond donors (Lipinski definition) is 0. The third-order valence-corrected chi connectivity index (χ3v) is 4.39. The predicted molar refractivity (Wildman–Crippen MR) is 69.6 cm³/mol. The van der Waals surface area contributed by atoms with E-state index in [4.69, 9.17) is 0 Å². The second kappa shape index (κ2) is 12.9. The minimum absolute atomic E-state index is 0. The van der Waals surface area contributed by atoms with Crippen LogP contribution in [0.25, 0.3) is 0 Å². The zero-order valence-electron chi connectivity index (χ0n) is 14.8. The average Bonchev–Trinajstić information content (AvgIpc) is 2.66. The van der Waals surface area contributed by atoms with E-state index in [9.17, 15) is 74.4 Å². The summed E-state index contributed by atoms with van der Waals surface area (Å²) in [6.07, 6.45) is -44.1. The molecule has 0 spiro atoms. The van der Waals surface area contributed by atoms with Crippen molar-refractivity contribution in [3.63, 3.8) is 0 Å². The second-order valence-corrected chi connectivity index (χ2v) is 7.17. The van der Waals surface area contributed by atoms with Crippen LogP contribution in [0.3, 0.4) is 0 Å². The monoisotopic (exact) mass is 540 g/mol. The molecule has 10 unspecified atom stereocenters. The molecule has 0 saturated heterocycles. The van der Waals surface area contributed by atoms with Crippen LogP contribution >= 0.6 is 0 Å². The van der Waals surface area contributed by atoms with E-state index in [1.165, 1.54) is 0 Å². The molecule has 0 fully saturated rings. The number of alkyl halides is 14. The van der Waals surface area contributed by atoms with Crippen LogP contribution in [0.1, 0.15) is 0 Å². The van der Waals surface area contributed by atoms with Crippen molar-refractivity contribution in [2.24, 2.45) is 0 Å². The molecular formula is C12H11F14KO3S. The molecule has 0 bridgehead atoms. The molecule has 31 heavy (non-hydrogen) atoms. The fraction of sp³-hybridized carbons (Fsp3) is 1.00. The molecule has 19 heteroatoms. The summed E-state index contributed by atoms with van der Waals surface area (Å²) in [6.45, 7) is 0. The quantitative estimate of drug-likeness (QED) is 0.209. The summed E-state index contributed by atoms with van der Waals surface area (Å²) in [4.78, 5) is 0. The van der Waals surface area contributed by atoms with Crippen LogP contribution in [-0.4, -0.2) is 86.4 Å². The van der Waals surface area contributed by atoms with Crippen LogP contribution in [0.15, 0.2) is 0 Å². The van der Waals surface area contributed by atoms with E-state index in [1.807, 2.05) is 0 Å². The van der Waals surface area contributed by atoms with Gasteiger partial charge in [-0.3, -0.25) is 0 Å². The van der Waals surface area contributed by atoms with Gasteiger partial charge in [0.15, 0.2) is 49.4 Å². The molecule has 0 saturated carbocycles. The predicted octanol–water partition coefficient (Wildman–Crippen LogP) is 0.775. The van der Waals surface area contributed by atoms with Crippen molar-refractivity contribution in [2.45, 2.75) is 73.4 Å². The maximum atomic E-state index is 13.4. The van der Waals surface area contributed by atoms with Gasteiger partial charge in [0.05, 0.1) is 0 Å². The zero-order valence-corrected chi connectivity index (χ0v) is 18.7. The van der Waals surface area contributed by atoms with E-state index < -0.39 is 83.5 Å². The molecule has 10 atom stereocenters. The molecule has 0 radical (unpaired) electrons. The van der Waals surface area contributed by atoms with Crippen molar-refractivity contribution in [3.05, 3.63) is 0 Å². The first-order chi connectivity index (χ1) is 13.3. The molecule has 0 aliphatic rings. The van der Waals surface area contributed by atoms with Gasteiger partial charge >= 0.3 is 57.3 Å². The summed E-state index contributed by atoms with van der Waals surface area (Å²) in [7, 11) is -6.66. The summed E-state index contributed by atoms with van der Waals surface area (Å²) >= 11 is 0. The van der Waals surface area contributed by atoms with Gasteiger partial charge in [0.2, 0.25) is 6.17 Å². The molecule has 0 aromatic heterocycles. The van der Waals surface area contributed by atoms with Gasteiger partial charge in [-0.25, -0.2) is 61.1 Å². The molecule has 0 amide bonds. The third kappa shape index (κ3) is 8.38. The molecule has 0 N–H and O–H groups in total. The summed E-state index contributed by atoms with van der Waals surface area (Å²) in [5, 5.41) is 0. The smallest absolute Gasteiger partial charge is 0.746 e. The van der Waals surface area contributed by atoms with Crippen LogP contribution in [-0.2, 0) is 10.1 Å². The van der Waals surface area contributed by atoms with Gasteiger partial charge in [0.1, 0.15) is 10.1 Å². The first-order valence-electron chi connectivity index (χ1n) is 7.31. The minimum atomic E-state index is -6.66. The Balaban J connectivity index is 0. The molecule has 0 aromatic carbocycles. The molecule has 0 heterocycles. The summed E-state index contributed by atoms with van der Waals surface area (Å²) in [6, 6.07) is 0. The van der Waals surface area contributed by atoms with Crippen molar-refractivity contribution in [1.29, 1.82) is 0 Å². The summed E-state index contributed by atoms with van der Waals surface area (Å²) < 4.78 is 212. The van der Waals surface area contributed by atoms with Gasteiger partial charge in [-0.05, 0) is 0 Å². The zero-order chi connectivity index (χ0) is 24.4. The Hall–Kier alpha value is 0.566. The van der Waals surface area contributed by atoms with Crippen molar-refractivity contribution in [1.82, 2.24) is 0 Å². The Morgan fingerprint density at radius 3 is 1.06 bits per heavy atom. The van der Waals surface area contributed by atoms with Gasteiger partial charge in [0.25, 0.3) is 11.9 Å². The molecule has 0 rings (SSSR count). The van der Waals surface area contributed by atoms with Crippen molar-refractivity contribution >= 4 is 10.1 Å². The van der Waals surface area contributed by atoms with E-state index in [-0.39, 0.29) is 51.4 Å². The van der Waals surface area contributed by atoms with E-state index in [0.29, 0.717) is 0 Å². The fourth-order valence-corrected chi connectivity index (χ4v) is 2.40. The Labute approximate surface area is 208 Å². The van der Waals surface area contributed by atoms with Crippen molar-refractivity contribution in [2.75, 3.05) is 0 Å². The molecule has 0 aromatic rings. The largest absolute Gasteiger partial charge is 1.00 e. The summed E-state index contributed by atoms with van der Waals surface area (Å²) in [5.74, 6) is -6.16. The summed E-state index contributed by atoms with van der Waals surface area (Å²) in [5.41, 5.74) is -5.02. The molecule has 0 aliphatic carbocycles. The normalized spacial score (nSPS) is 23.0. The van der Waals surface area contributed by atoms with Gasteiger partial charge < -0.3 is 4.55 Å². The standard InChI is InChI=1S/C12H12F14O3S.K/c13-1(2(14)4(16)6(18)8(20)10(22)23)3(15)5(17)7(19)9(21)12(25,26)11(24)30(27,28)29;/h1-11H,(H,27,28,29);/q;+1/p-1. The first kappa shape index (κ1) is 33.7. The SMILES string of the molecule is O=S(=O)([O-])C(F)C(F)(F)C(F)C(F)C(F)C(F)C(F)C(F)C(F)C(F)C(F)C(F)F.[K+]. The van der Waals surface area contributed by atoms with Gasteiger partial charge in [-0.15, -0.1) is 0 Å². The van der Waals surface area contributed by atoms with Gasteiger partial charge in [-0.1, -0.05) is 0 Å². The molecule has 3 nitrogen and oxygen atoms in total. The fourth-order valence-electron chi connectivity index (χ4n) is 1.88. The Morgan fingerprint density at radius 1 is 0.548 bits per heavy atom. The Kier molecular flexibility index (Phi) is 14.0. The van der Waals surface area contributed by atoms with Crippen LogP contribution in [0, 0.1) is 0 Å². The van der Waals surface area contributed by atoms with Gasteiger partial charge in [-0.2, -0.15) is 8.78 Å². The third-order valence-electron chi connectivity index (χ3n) is 3.57. The minimum Gasteiger partial charge on any atom is -0.746 e. The molecule has 0 aliphatic heterocycles. The van der Waals surface area contributed by atoms with E-state index >= 15 is 0 Å². The van der Waals surface area contributed by atoms with Gasteiger partial charge in [0, 0.05) is 0 Å². The first-order valence-corrected chi connectivity index (χ1v) is 8.78. The van der Waals surface area contributed by atoms with Crippen LogP contribution in [0.4, 0.5) is 61.5 Å². The van der Waals surface area contributed by atoms with E-state index in [1.54, 1.807) is 0 Å². The van der Waals surface area contributed by atoms with Crippen LogP contribution in [0.2, 0.25) is 0 Å².